The normalized spacial score (nSPS) is 17.1. The molecule has 1 unspecified atom stereocenters. The quantitative estimate of drug-likeness (QED) is 0.614. The van der Waals surface area contributed by atoms with E-state index in [2.05, 4.69) is 15.6 Å². The fourth-order valence-electron chi connectivity index (χ4n) is 2.63. The van der Waals surface area contributed by atoms with Crippen LogP contribution in [0.2, 0.25) is 0 Å². The van der Waals surface area contributed by atoms with E-state index < -0.39 is 6.04 Å². The van der Waals surface area contributed by atoms with E-state index in [0.29, 0.717) is 45.8 Å². The highest BCUT2D eigenvalue weighted by Crippen LogP contribution is 2.05. The summed E-state index contributed by atoms with van der Waals surface area (Å²) in [6.07, 6.45) is 2.57. The van der Waals surface area contributed by atoms with Gasteiger partial charge in [0.25, 0.3) is 0 Å². The van der Waals surface area contributed by atoms with Crippen molar-refractivity contribution >= 4 is 24.2 Å². The van der Waals surface area contributed by atoms with Crippen molar-refractivity contribution in [1.29, 1.82) is 0 Å². The third kappa shape index (κ3) is 7.37. The number of pyridine rings is 1. The Morgan fingerprint density at radius 3 is 3.04 bits per heavy atom. The summed E-state index contributed by atoms with van der Waals surface area (Å²) in [4.78, 5) is 30.4. The standard InChI is InChI=1S/C17H26N4O3.ClH/c1-2-24-12-11-21-10-9-19-15(17(21)23)13-16(22)20-8-6-14-5-3-4-7-18-14;/h3-5,7,15,19H,2,6,8-13H2,1H3,(H,20,22);1H. The van der Waals surface area contributed by atoms with Gasteiger partial charge in [-0.1, -0.05) is 6.07 Å². The van der Waals surface area contributed by atoms with Crippen molar-refractivity contribution in [3.05, 3.63) is 30.1 Å². The van der Waals surface area contributed by atoms with Gasteiger partial charge in [0.1, 0.15) is 0 Å². The average Bonchev–Trinajstić information content (AvgIpc) is 2.59. The predicted octanol–water partition coefficient (Wildman–Crippen LogP) is 0.389. The lowest BCUT2D eigenvalue weighted by atomic mass is 10.1. The lowest BCUT2D eigenvalue weighted by Crippen LogP contribution is -2.56. The van der Waals surface area contributed by atoms with Gasteiger partial charge in [0.05, 0.1) is 19.1 Å². The molecule has 1 aromatic rings. The van der Waals surface area contributed by atoms with Crippen molar-refractivity contribution in [1.82, 2.24) is 20.5 Å². The van der Waals surface area contributed by atoms with Gasteiger partial charge in [0, 0.05) is 51.1 Å². The third-order valence-electron chi connectivity index (χ3n) is 3.91. The zero-order valence-electron chi connectivity index (χ0n) is 14.6. The number of aromatic nitrogens is 1. The molecule has 25 heavy (non-hydrogen) atoms. The van der Waals surface area contributed by atoms with Gasteiger partial charge < -0.3 is 20.3 Å². The number of hydrogen-bond acceptors (Lipinski definition) is 5. The van der Waals surface area contributed by atoms with Crippen LogP contribution in [0.5, 0.6) is 0 Å². The van der Waals surface area contributed by atoms with Gasteiger partial charge in [-0.05, 0) is 19.1 Å². The number of amides is 2. The zero-order valence-corrected chi connectivity index (χ0v) is 15.4. The molecule has 1 aromatic heterocycles. The summed E-state index contributed by atoms with van der Waals surface area (Å²) in [5, 5.41) is 5.97. The van der Waals surface area contributed by atoms with Crippen LogP contribution in [0, 0.1) is 0 Å². The Labute approximate surface area is 154 Å². The topological polar surface area (TPSA) is 83.6 Å². The molecule has 8 heteroatoms. The first-order valence-corrected chi connectivity index (χ1v) is 8.47. The molecular formula is C17H27ClN4O3. The molecule has 0 radical (unpaired) electrons. The number of carbonyl (C=O) groups is 2. The van der Waals surface area contributed by atoms with E-state index in [1.165, 1.54) is 0 Å². The minimum absolute atomic E-state index is 0. The molecule has 1 saturated heterocycles. The van der Waals surface area contributed by atoms with E-state index in [4.69, 9.17) is 4.74 Å². The monoisotopic (exact) mass is 370 g/mol. The Balaban J connectivity index is 0.00000312. The van der Waals surface area contributed by atoms with Crippen LogP contribution in [0.3, 0.4) is 0 Å². The first kappa shape index (κ1) is 21.3. The molecule has 2 rings (SSSR count). The minimum atomic E-state index is -0.449. The molecule has 2 heterocycles. The number of ether oxygens (including phenoxy) is 1. The zero-order chi connectivity index (χ0) is 17.2. The van der Waals surface area contributed by atoms with Crippen LogP contribution in [-0.2, 0) is 20.7 Å². The highest BCUT2D eigenvalue weighted by atomic mass is 35.5. The summed E-state index contributed by atoms with van der Waals surface area (Å²) in [5.41, 5.74) is 0.937. The van der Waals surface area contributed by atoms with Crippen LogP contribution < -0.4 is 10.6 Å². The van der Waals surface area contributed by atoms with E-state index >= 15 is 0 Å². The number of piperazine rings is 1. The smallest absolute Gasteiger partial charge is 0.240 e. The van der Waals surface area contributed by atoms with Crippen LogP contribution in [0.4, 0.5) is 0 Å². The fourth-order valence-corrected chi connectivity index (χ4v) is 2.63. The van der Waals surface area contributed by atoms with Crippen molar-refractivity contribution < 1.29 is 14.3 Å². The number of nitrogens with one attached hydrogen (secondary N) is 2. The highest BCUT2D eigenvalue weighted by molar-refractivity contribution is 5.88. The van der Waals surface area contributed by atoms with Gasteiger partial charge in [-0.25, -0.2) is 0 Å². The third-order valence-corrected chi connectivity index (χ3v) is 3.91. The first-order valence-electron chi connectivity index (χ1n) is 8.47. The summed E-state index contributed by atoms with van der Waals surface area (Å²) in [5.74, 6) is -0.149. The lowest BCUT2D eigenvalue weighted by Gasteiger charge is -2.32. The number of rotatable bonds is 9. The van der Waals surface area contributed by atoms with Crippen LogP contribution in [0.25, 0.3) is 0 Å². The molecule has 1 atom stereocenters. The Morgan fingerprint density at radius 1 is 1.48 bits per heavy atom. The van der Waals surface area contributed by atoms with Crippen molar-refractivity contribution in [2.75, 3.05) is 39.4 Å². The fraction of sp³-hybridized carbons (Fsp3) is 0.588. The maximum atomic E-state index is 12.4. The van der Waals surface area contributed by atoms with Crippen LogP contribution in [-0.4, -0.2) is 67.1 Å². The molecule has 0 spiro atoms. The van der Waals surface area contributed by atoms with Gasteiger partial charge in [-0.3, -0.25) is 14.6 Å². The van der Waals surface area contributed by atoms with Gasteiger partial charge in [0.15, 0.2) is 0 Å². The Bertz CT molecular complexity index is 530. The predicted molar refractivity (Wildman–Crippen MR) is 97.7 cm³/mol. The van der Waals surface area contributed by atoms with E-state index in [0.717, 1.165) is 5.69 Å². The first-order chi connectivity index (χ1) is 11.7. The molecule has 0 aliphatic carbocycles. The van der Waals surface area contributed by atoms with Gasteiger partial charge in [0.2, 0.25) is 11.8 Å². The number of nitrogens with zero attached hydrogens (tertiary/aromatic N) is 2. The molecule has 1 aliphatic heterocycles. The second-order valence-corrected chi connectivity index (χ2v) is 5.65. The maximum absolute atomic E-state index is 12.4. The summed E-state index contributed by atoms with van der Waals surface area (Å²) < 4.78 is 5.30. The molecule has 2 amide bonds. The molecule has 1 fully saturated rings. The lowest BCUT2D eigenvalue weighted by molar-refractivity contribution is -0.138. The van der Waals surface area contributed by atoms with Crippen molar-refractivity contribution in [3.8, 4) is 0 Å². The van der Waals surface area contributed by atoms with Gasteiger partial charge >= 0.3 is 0 Å². The molecule has 0 aromatic carbocycles. The van der Waals surface area contributed by atoms with E-state index in [-0.39, 0.29) is 30.6 Å². The second-order valence-electron chi connectivity index (χ2n) is 5.65. The molecule has 1 aliphatic rings. The Kier molecular flexibility index (Phi) is 10.1. The minimum Gasteiger partial charge on any atom is -0.380 e. The highest BCUT2D eigenvalue weighted by Gasteiger charge is 2.29. The summed E-state index contributed by atoms with van der Waals surface area (Å²) in [6.45, 7) is 5.55. The van der Waals surface area contributed by atoms with Crippen molar-refractivity contribution in [2.45, 2.75) is 25.8 Å². The molecule has 0 saturated carbocycles. The Hall–Kier alpha value is -1.70. The molecule has 2 N–H and O–H groups in total. The van der Waals surface area contributed by atoms with Crippen LogP contribution >= 0.6 is 12.4 Å². The summed E-state index contributed by atoms with van der Waals surface area (Å²) >= 11 is 0. The maximum Gasteiger partial charge on any atom is 0.240 e. The summed E-state index contributed by atoms with van der Waals surface area (Å²) in [6, 6.07) is 5.26. The van der Waals surface area contributed by atoms with Crippen molar-refractivity contribution in [3.63, 3.8) is 0 Å². The molecule has 7 nitrogen and oxygen atoms in total. The summed E-state index contributed by atoms with van der Waals surface area (Å²) in [7, 11) is 0. The van der Waals surface area contributed by atoms with E-state index in [1.807, 2.05) is 25.1 Å². The average molecular weight is 371 g/mol. The number of carbonyl (C=O) groups excluding carboxylic acids is 2. The number of hydrogen-bond donors (Lipinski definition) is 2. The number of halogens is 1. The van der Waals surface area contributed by atoms with E-state index in [1.54, 1.807) is 11.1 Å². The second kappa shape index (κ2) is 11.8. The SMILES string of the molecule is CCOCCN1CCNC(CC(=O)NCCc2ccccn2)C1=O.Cl. The molecule has 140 valence electrons. The van der Waals surface area contributed by atoms with Gasteiger partial charge in [-0.2, -0.15) is 0 Å². The molecular weight excluding hydrogens is 344 g/mol. The molecule has 0 bridgehead atoms. The Morgan fingerprint density at radius 2 is 2.32 bits per heavy atom. The van der Waals surface area contributed by atoms with Crippen molar-refractivity contribution in [2.24, 2.45) is 0 Å². The van der Waals surface area contributed by atoms with Gasteiger partial charge in [-0.15, -0.1) is 12.4 Å². The van der Waals surface area contributed by atoms with E-state index in [9.17, 15) is 9.59 Å². The van der Waals surface area contributed by atoms with Crippen LogP contribution in [0.1, 0.15) is 19.0 Å². The largest absolute Gasteiger partial charge is 0.380 e. The van der Waals surface area contributed by atoms with Crippen LogP contribution in [0.15, 0.2) is 24.4 Å².